The SMILES string of the molecule is COc1nc(-c2ccnc3[nH]c(C(F)(F)F)cc23)ccc1NC(=O)[C@H](N)CC(C)(C)C. The number of aromatic amines is 1. The number of hydrogen-bond donors (Lipinski definition) is 3. The first-order chi connectivity index (χ1) is 14.4. The molecule has 1 atom stereocenters. The maximum absolute atomic E-state index is 13.1. The Morgan fingerprint density at radius 2 is 1.97 bits per heavy atom. The molecule has 0 bridgehead atoms. The molecule has 0 fully saturated rings. The van der Waals surface area contributed by atoms with Gasteiger partial charge in [-0.25, -0.2) is 9.97 Å². The van der Waals surface area contributed by atoms with Gasteiger partial charge in [-0.2, -0.15) is 13.2 Å². The summed E-state index contributed by atoms with van der Waals surface area (Å²) in [5.41, 5.74) is 6.19. The number of nitrogens with zero attached hydrogens (tertiary/aromatic N) is 2. The van der Waals surface area contributed by atoms with E-state index < -0.39 is 17.9 Å². The molecule has 1 amide bonds. The van der Waals surface area contributed by atoms with Crippen LogP contribution in [0.2, 0.25) is 0 Å². The zero-order chi connectivity index (χ0) is 23.0. The number of halogens is 3. The summed E-state index contributed by atoms with van der Waals surface area (Å²) in [5.74, 6) is -0.264. The van der Waals surface area contributed by atoms with Gasteiger partial charge in [0.25, 0.3) is 0 Å². The summed E-state index contributed by atoms with van der Waals surface area (Å²) in [7, 11) is 1.39. The maximum Gasteiger partial charge on any atom is 0.431 e. The lowest BCUT2D eigenvalue weighted by Gasteiger charge is -2.22. The third-order valence-electron chi connectivity index (χ3n) is 4.59. The average Bonchev–Trinajstić information content (AvgIpc) is 3.12. The Bertz CT molecular complexity index is 1100. The number of rotatable bonds is 5. The van der Waals surface area contributed by atoms with Crippen LogP contribution in [-0.4, -0.2) is 34.0 Å². The molecule has 0 saturated carbocycles. The van der Waals surface area contributed by atoms with E-state index in [4.69, 9.17) is 10.5 Å². The topological polar surface area (TPSA) is 106 Å². The van der Waals surface area contributed by atoms with Crippen LogP contribution in [0.4, 0.5) is 18.9 Å². The monoisotopic (exact) mass is 435 g/mol. The lowest BCUT2D eigenvalue weighted by molar-refractivity contribution is -0.140. The van der Waals surface area contributed by atoms with Crippen molar-refractivity contribution in [2.45, 2.75) is 39.4 Å². The number of carbonyl (C=O) groups excluding carboxylic acids is 1. The number of ether oxygens (including phenoxy) is 1. The smallest absolute Gasteiger partial charge is 0.431 e. The average molecular weight is 435 g/mol. The molecule has 3 rings (SSSR count). The first-order valence-corrected chi connectivity index (χ1v) is 9.56. The van der Waals surface area contributed by atoms with Gasteiger partial charge in [-0.1, -0.05) is 20.8 Å². The summed E-state index contributed by atoms with van der Waals surface area (Å²) in [6.07, 6.45) is -2.65. The molecule has 31 heavy (non-hydrogen) atoms. The molecule has 0 radical (unpaired) electrons. The number of methoxy groups -OCH3 is 1. The van der Waals surface area contributed by atoms with Gasteiger partial charge >= 0.3 is 6.18 Å². The van der Waals surface area contributed by atoms with Crippen LogP contribution in [0.1, 0.15) is 32.9 Å². The number of carbonyl (C=O) groups is 1. The highest BCUT2D eigenvalue weighted by Crippen LogP contribution is 2.35. The highest BCUT2D eigenvalue weighted by Gasteiger charge is 2.33. The minimum Gasteiger partial charge on any atom is -0.479 e. The number of alkyl halides is 3. The number of nitrogens with one attached hydrogen (secondary N) is 2. The Labute approximate surface area is 177 Å². The second kappa shape index (κ2) is 8.18. The van der Waals surface area contributed by atoms with Crippen molar-refractivity contribution in [3.8, 4) is 17.1 Å². The van der Waals surface area contributed by atoms with Crippen molar-refractivity contribution in [3.05, 3.63) is 36.2 Å². The third kappa shape index (κ3) is 5.13. The second-order valence-electron chi connectivity index (χ2n) is 8.42. The highest BCUT2D eigenvalue weighted by atomic mass is 19.4. The predicted molar refractivity (Wildman–Crippen MR) is 112 cm³/mol. The standard InChI is InChI=1S/C21H24F3N5O2/c1-20(2,3)10-13(25)18(30)27-15-6-5-14(28-19(15)31-4)11-7-8-26-17-12(11)9-16(29-17)21(22,23)24/h5-9,13H,10,25H2,1-4H3,(H,26,29)(H,27,30)/t13-/m1/s1. The number of H-pyrrole nitrogens is 1. The van der Waals surface area contributed by atoms with Crippen LogP contribution in [0.3, 0.4) is 0 Å². The van der Waals surface area contributed by atoms with E-state index in [0.717, 1.165) is 6.07 Å². The van der Waals surface area contributed by atoms with E-state index >= 15 is 0 Å². The molecule has 0 aliphatic carbocycles. The predicted octanol–water partition coefficient (Wildman–Crippen LogP) is 4.35. The summed E-state index contributed by atoms with van der Waals surface area (Å²) >= 11 is 0. The second-order valence-corrected chi connectivity index (χ2v) is 8.42. The van der Waals surface area contributed by atoms with Gasteiger partial charge < -0.3 is 20.8 Å². The summed E-state index contributed by atoms with van der Waals surface area (Å²) < 4.78 is 44.5. The van der Waals surface area contributed by atoms with Crippen LogP contribution >= 0.6 is 0 Å². The molecule has 166 valence electrons. The minimum absolute atomic E-state index is 0.0936. The first kappa shape index (κ1) is 22.5. The Morgan fingerprint density at radius 1 is 1.26 bits per heavy atom. The van der Waals surface area contributed by atoms with E-state index in [1.165, 1.54) is 13.3 Å². The number of nitrogens with two attached hydrogens (primary N) is 1. The number of aromatic nitrogens is 3. The Kier molecular flexibility index (Phi) is 5.95. The van der Waals surface area contributed by atoms with E-state index in [9.17, 15) is 18.0 Å². The van der Waals surface area contributed by atoms with Crippen LogP contribution in [0.25, 0.3) is 22.3 Å². The van der Waals surface area contributed by atoms with E-state index in [2.05, 4.69) is 20.3 Å². The van der Waals surface area contributed by atoms with E-state index in [-0.39, 0.29) is 28.2 Å². The van der Waals surface area contributed by atoms with Crippen LogP contribution in [0.15, 0.2) is 30.5 Å². The fourth-order valence-corrected chi connectivity index (χ4v) is 3.22. The number of fused-ring (bicyclic) bond motifs is 1. The first-order valence-electron chi connectivity index (χ1n) is 9.56. The largest absolute Gasteiger partial charge is 0.479 e. The highest BCUT2D eigenvalue weighted by molar-refractivity contribution is 5.97. The lowest BCUT2D eigenvalue weighted by atomic mass is 9.88. The maximum atomic E-state index is 13.1. The van der Waals surface area contributed by atoms with E-state index in [1.54, 1.807) is 18.2 Å². The van der Waals surface area contributed by atoms with Crippen LogP contribution in [-0.2, 0) is 11.0 Å². The van der Waals surface area contributed by atoms with Crippen LogP contribution < -0.4 is 15.8 Å². The van der Waals surface area contributed by atoms with Crippen molar-refractivity contribution in [1.82, 2.24) is 15.0 Å². The van der Waals surface area contributed by atoms with Crippen molar-refractivity contribution in [3.63, 3.8) is 0 Å². The Hall–Kier alpha value is -3.14. The van der Waals surface area contributed by atoms with Crippen molar-refractivity contribution >= 4 is 22.6 Å². The quantitative estimate of drug-likeness (QED) is 0.552. The van der Waals surface area contributed by atoms with E-state index in [1.807, 2.05) is 20.8 Å². The molecule has 10 heteroatoms. The molecule has 0 aliphatic rings. The molecule has 4 N–H and O–H groups in total. The molecule has 0 aliphatic heterocycles. The van der Waals surface area contributed by atoms with Crippen molar-refractivity contribution in [2.24, 2.45) is 11.1 Å². The van der Waals surface area contributed by atoms with Gasteiger partial charge in [-0.15, -0.1) is 0 Å². The van der Waals surface area contributed by atoms with Crippen LogP contribution in [0.5, 0.6) is 5.88 Å². The summed E-state index contributed by atoms with van der Waals surface area (Å²) in [6.45, 7) is 5.95. The lowest BCUT2D eigenvalue weighted by Crippen LogP contribution is -2.38. The fourth-order valence-electron chi connectivity index (χ4n) is 3.22. The van der Waals surface area contributed by atoms with Gasteiger partial charge in [0.1, 0.15) is 17.0 Å². The molecular weight excluding hydrogens is 411 g/mol. The molecule has 3 aromatic rings. The number of amides is 1. The van der Waals surface area contributed by atoms with Crippen molar-refractivity contribution < 1.29 is 22.7 Å². The zero-order valence-corrected chi connectivity index (χ0v) is 17.6. The molecule has 3 aromatic heterocycles. The zero-order valence-electron chi connectivity index (χ0n) is 17.6. The number of hydrogen-bond acceptors (Lipinski definition) is 5. The summed E-state index contributed by atoms with van der Waals surface area (Å²) in [4.78, 5) is 23.1. The minimum atomic E-state index is -4.52. The molecule has 3 heterocycles. The molecule has 0 unspecified atom stereocenters. The molecule has 0 saturated heterocycles. The van der Waals surface area contributed by atoms with Crippen molar-refractivity contribution in [2.75, 3.05) is 12.4 Å². The molecular formula is C21H24F3N5O2. The number of anilines is 1. The summed E-state index contributed by atoms with van der Waals surface area (Å²) in [6, 6.07) is 5.00. The molecule has 0 aromatic carbocycles. The fraction of sp³-hybridized carbons (Fsp3) is 0.381. The van der Waals surface area contributed by atoms with Crippen LogP contribution in [0, 0.1) is 5.41 Å². The number of pyridine rings is 2. The van der Waals surface area contributed by atoms with Gasteiger partial charge in [0, 0.05) is 17.1 Å². The summed E-state index contributed by atoms with van der Waals surface area (Å²) in [5, 5.41) is 2.98. The van der Waals surface area contributed by atoms with Gasteiger partial charge in [-0.3, -0.25) is 4.79 Å². The third-order valence-corrected chi connectivity index (χ3v) is 4.59. The van der Waals surface area contributed by atoms with Gasteiger partial charge in [0.15, 0.2) is 0 Å². The molecule has 0 spiro atoms. The van der Waals surface area contributed by atoms with Gasteiger partial charge in [-0.05, 0) is 36.1 Å². The normalized spacial score (nSPS) is 13.3. The molecule has 7 nitrogen and oxygen atoms in total. The van der Waals surface area contributed by atoms with Gasteiger partial charge in [0.05, 0.1) is 18.8 Å². The van der Waals surface area contributed by atoms with Crippen molar-refractivity contribution in [1.29, 1.82) is 0 Å². The Balaban J connectivity index is 1.93. The Morgan fingerprint density at radius 3 is 2.58 bits per heavy atom. The van der Waals surface area contributed by atoms with E-state index in [0.29, 0.717) is 23.4 Å². The van der Waals surface area contributed by atoms with Gasteiger partial charge in [0.2, 0.25) is 11.8 Å².